The van der Waals surface area contributed by atoms with Crippen molar-refractivity contribution in [2.75, 3.05) is 5.75 Å². The van der Waals surface area contributed by atoms with Gasteiger partial charge in [-0.2, -0.15) is 0 Å². The van der Waals surface area contributed by atoms with Crippen LogP contribution in [0.25, 0.3) is 11.0 Å². The Kier molecular flexibility index (Phi) is 5.56. The maximum Gasteiger partial charge on any atom is 0.339 e. The first kappa shape index (κ1) is 19.0. The Morgan fingerprint density at radius 3 is 2.63 bits per heavy atom. The lowest BCUT2D eigenvalue weighted by Crippen LogP contribution is -2.11. The molecule has 5 nitrogen and oxygen atoms in total. The number of carbonyl (C=O) groups excluding carboxylic acids is 1. The Morgan fingerprint density at radius 1 is 1.15 bits per heavy atom. The molecule has 1 aromatic heterocycles. The van der Waals surface area contributed by atoms with Crippen LogP contribution in [0.5, 0.6) is 0 Å². The van der Waals surface area contributed by atoms with Gasteiger partial charge < -0.3 is 9.15 Å². The molecule has 0 fully saturated rings. The van der Waals surface area contributed by atoms with E-state index in [1.807, 2.05) is 26.0 Å². The van der Waals surface area contributed by atoms with Gasteiger partial charge in [-0.25, -0.2) is 9.59 Å². The molecule has 2 aromatic carbocycles. The maximum absolute atomic E-state index is 12.5. The van der Waals surface area contributed by atoms with Gasteiger partial charge in [0.1, 0.15) is 12.2 Å². The van der Waals surface area contributed by atoms with Gasteiger partial charge in [0.05, 0.1) is 21.3 Å². The zero-order valence-corrected chi connectivity index (χ0v) is 16.2. The van der Waals surface area contributed by atoms with Crippen LogP contribution in [0, 0.1) is 13.8 Å². The summed E-state index contributed by atoms with van der Waals surface area (Å²) in [6.07, 6.45) is 0. The van der Waals surface area contributed by atoms with Gasteiger partial charge in [0.25, 0.3) is 0 Å². The van der Waals surface area contributed by atoms with E-state index >= 15 is 0 Å². The minimum absolute atomic E-state index is 0.0729. The number of benzene rings is 2. The van der Waals surface area contributed by atoms with Gasteiger partial charge in [0, 0.05) is 22.8 Å². The van der Waals surface area contributed by atoms with E-state index in [1.54, 1.807) is 31.2 Å². The molecule has 0 unspecified atom stereocenters. The number of carbonyl (C=O) groups is 1. The molecule has 0 aliphatic rings. The fourth-order valence-electron chi connectivity index (χ4n) is 2.85. The first-order chi connectivity index (χ1) is 12.9. The molecule has 0 aliphatic carbocycles. The lowest BCUT2D eigenvalue weighted by atomic mass is 10.0. The number of hydrogen-bond acceptors (Lipinski definition) is 5. The van der Waals surface area contributed by atoms with Gasteiger partial charge in [0.15, 0.2) is 0 Å². The van der Waals surface area contributed by atoms with Crippen molar-refractivity contribution in [1.82, 2.24) is 0 Å². The van der Waals surface area contributed by atoms with Crippen molar-refractivity contribution in [3.63, 3.8) is 0 Å². The van der Waals surface area contributed by atoms with Crippen molar-refractivity contribution < 1.29 is 18.2 Å². The average Bonchev–Trinajstić information content (AvgIpc) is 2.68. The average molecular weight is 384 g/mol. The first-order valence-corrected chi connectivity index (χ1v) is 9.91. The molecule has 0 aliphatic heterocycles. The third kappa shape index (κ3) is 3.85. The molecular formula is C21H20O5S. The molecule has 0 saturated carbocycles. The number of ether oxygens (including phenoxy) is 1. The van der Waals surface area contributed by atoms with Gasteiger partial charge in [-0.3, -0.25) is 4.21 Å². The summed E-state index contributed by atoms with van der Waals surface area (Å²) in [5.74, 6) is -0.162. The molecule has 0 radical (unpaired) electrons. The molecule has 6 heteroatoms. The van der Waals surface area contributed by atoms with Crippen molar-refractivity contribution in [2.45, 2.75) is 32.3 Å². The largest absolute Gasteiger partial charge is 0.457 e. The Bertz CT molecular complexity index is 1100. The molecule has 140 valence electrons. The Balaban J connectivity index is 1.92. The quantitative estimate of drug-likeness (QED) is 0.493. The smallest absolute Gasteiger partial charge is 0.339 e. The monoisotopic (exact) mass is 384 g/mol. The Labute approximate surface area is 159 Å². The van der Waals surface area contributed by atoms with Crippen LogP contribution in [0.15, 0.2) is 56.6 Å². The molecule has 0 bridgehead atoms. The number of rotatable bonds is 5. The van der Waals surface area contributed by atoms with Crippen LogP contribution in [0.3, 0.4) is 0 Å². The number of fused-ring (bicyclic) bond motifs is 1. The van der Waals surface area contributed by atoms with E-state index in [0.29, 0.717) is 21.8 Å². The highest BCUT2D eigenvalue weighted by atomic mass is 32.2. The molecule has 3 aromatic rings. The fraction of sp³-hybridized carbons (Fsp3) is 0.238. The molecule has 3 rings (SSSR count). The topological polar surface area (TPSA) is 73.6 Å². The summed E-state index contributed by atoms with van der Waals surface area (Å²) < 4.78 is 22.9. The minimum Gasteiger partial charge on any atom is -0.457 e. The molecule has 0 N–H and O–H groups in total. The van der Waals surface area contributed by atoms with Gasteiger partial charge in [-0.15, -0.1) is 0 Å². The summed E-state index contributed by atoms with van der Waals surface area (Å²) in [6.45, 7) is 5.54. The maximum atomic E-state index is 12.5. The van der Waals surface area contributed by atoms with Crippen LogP contribution in [0.2, 0.25) is 0 Å². The van der Waals surface area contributed by atoms with Gasteiger partial charge >= 0.3 is 11.6 Å². The van der Waals surface area contributed by atoms with Gasteiger partial charge in [-0.1, -0.05) is 31.2 Å². The molecule has 1 atom stereocenters. The molecule has 1 heterocycles. The number of esters is 1. The van der Waals surface area contributed by atoms with E-state index in [0.717, 1.165) is 16.5 Å². The second kappa shape index (κ2) is 7.88. The summed E-state index contributed by atoms with van der Waals surface area (Å²) in [6, 6.07) is 11.8. The van der Waals surface area contributed by atoms with E-state index < -0.39 is 22.4 Å². The Morgan fingerprint density at radius 2 is 1.89 bits per heavy atom. The molecule has 27 heavy (non-hydrogen) atoms. The molecule has 0 spiro atoms. The molecule has 0 saturated heterocycles. The number of hydrogen-bond donors (Lipinski definition) is 0. The van der Waals surface area contributed by atoms with Crippen LogP contribution < -0.4 is 5.63 Å². The van der Waals surface area contributed by atoms with Crippen LogP contribution in [-0.4, -0.2) is 15.9 Å². The Hall–Kier alpha value is -2.73. The van der Waals surface area contributed by atoms with Crippen LogP contribution >= 0.6 is 0 Å². The van der Waals surface area contributed by atoms with Crippen LogP contribution in [0.1, 0.15) is 34.0 Å². The SMILES string of the molecule is CC[S@@](=O)c1ccccc1C(=O)OCc1cc(=O)oc2c(C)c(C)ccc12. The predicted octanol–water partition coefficient (Wildman–Crippen LogP) is 3.89. The van der Waals surface area contributed by atoms with E-state index in [2.05, 4.69) is 0 Å². The first-order valence-electron chi connectivity index (χ1n) is 8.59. The second-order valence-corrected chi connectivity index (χ2v) is 7.89. The van der Waals surface area contributed by atoms with Crippen molar-refractivity contribution in [1.29, 1.82) is 0 Å². The summed E-state index contributed by atoms with van der Waals surface area (Å²) in [5, 5.41) is 0.732. The van der Waals surface area contributed by atoms with Crippen LogP contribution in [0.4, 0.5) is 0 Å². The summed E-state index contributed by atoms with van der Waals surface area (Å²) >= 11 is 0. The zero-order chi connectivity index (χ0) is 19.6. The second-order valence-electron chi connectivity index (χ2n) is 6.18. The van der Waals surface area contributed by atoms with E-state index in [-0.39, 0.29) is 12.2 Å². The number of aryl methyl sites for hydroxylation is 2. The highest BCUT2D eigenvalue weighted by Crippen LogP contribution is 2.24. The van der Waals surface area contributed by atoms with E-state index in [4.69, 9.17) is 9.15 Å². The lowest BCUT2D eigenvalue weighted by molar-refractivity contribution is 0.0469. The lowest BCUT2D eigenvalue weighted by Gasteiger charge is -2.11. The predicted molar refractivity (Wildman–Crippen MR) is 104 cm³/mol. The highest BCUT2D eigenvalue weighted by Gasteiger charge is 2.17. The normalized spacial score (nSPS) is 12.1. The van der Waals surface area contributed by atoms with Crippen molar-refractivity contribution in [2.24, 2.45) is 0 Å². The standard InChI is InChI=1S/C21H20O5S/c1-4-27(24)18-8-6-5-7-17(18)21(23)25-12-15-11-19(22)26-20-14(3)13(2)9-10-16(15)20/h5-11H,4,12H2,1-3H3/t27-/m1/s1. The van der Waals surface area contributed by atoms with Gasteiger partial charge in [0.2, 0.25) is 0 Å². The van der Waals surface area contributed by atoms with E-state index in [1.165, 1.54) is 6.07 Å². The van der Waals surface area contributed by atoms with E-state index in [9.17, 15) is 13.8 Å². The summed E-state index contributed by atoms with van der Waals surface area (Å²) in [5.41, 5.74) is 2.75. The fourth-order valence-corrected chi connectivity index (χ4v) is 3.79. The van der Waals surface area contributed by atoms with Crippen molar-refractivity contribution >= 4 is 27.7 Å². The van der Waals surface area contributed by atoms with Gasteiger partial charge in [-0.05, 0) is 37.1 Å². The minimum atomic E-state index is -1.27. The third-order valence-corrected chi connectivity index (χ3v) is 5.86. The highest BCUT2D eigenvalue weighted by molar-refractivity contribution is 7.85. The molecule has 0 amide bonds. The summed E-state index contributed by atoms with van der Waals surface area (Å²) in [4.78, 5) is 24.9. The summed E-state index contributed by atoms with van der Waals surface area (Å²) in [7, 11) is -1.27. The molecular weight excluding hydrogens is 364 g/mol. The zero-order valence-electron chi connectivity index (χ0n) is 15.4. The third-order valence-electron chi connectivity index (χ3n) is 4.49. The van der Waals surface area contributed by atoms with Crippen molar-refractivity contribution in [3.8, 4) is 0 Å². The van der Waals surface area contributed by atoms with Crippen molar-refractivity contribution in [3.05, 3.63) is 75.1 Å². The van der Waals surface area contributed by atoms with Crippen LogP contribution in [-0.2, 0) is 22.1 Å².